The second-order valence-electron chi connectivity index (χ2n) is 9.70. The standard InChI is InChI=1S/C29H24N4O6/c30-23-10-11-33(29(36)31-23)28-27(26(35)22(13-34)38-28)37-14-18-12-21(32-39-18)19-8-6-17-5-4-15-2-1-3-16-7-9-20(19)25(17)24(15)16/h1-12,22,26-28,34-35H,13-14H2,(H2,30,31,36)/t22-,26-,27-,28-/m1/s1. The number of aromatic nitrogens is 3. The number of nitrogens with zero attached hydrogens (tertiary/aromatic N) is 3. The molecular weight excluding hydrogens is 500 g/mol. The van der Waals surface area contributed by atoms with Gasteiger partial charge in [0.2, 0.25) is 0 Å². The molecule has 196 valence electrons. The maximum Gasteiger partial charge on any atom is 0.351 e. The number of ether oxygens (including phenoxy) is 2. The minimum absolute atomic E-state index is 0.0459. The highest BCUT2D eigenvalue weighted by Crippen LogP contribution is 2.39. The van der Waals surface area contributed by atoms with Crippen LogP contribution < -0.4 is 11.4 Å². The van der Waals surface area contributed by atoms with Crippen molar-refractivity contribution < 1.29 is 24.2 Å². The first kappa shape index (κ1) is 23.7. The van der Waals surface area contributed by atoms with E-state index in [1.54, 1.807) is 6.07 Å². The Morgan fingerprint density at radius 3 is 2.51 bits per heavy atom. The fourth-order valence-electron chi connectivity index (χ4n) is 5.54. The Morgan fingerprint density at radius 2 is 1.74 bits per heavy atom. The summed E-state index contributed by atoms with van der Waals surface area (Å²) in [5.41, 5.74) is 6.52. The number of benzene rings is 4. The van der Waals surface area contributed by atoms with Crippen LogP contribution in [0.2, 0.25) is 0 Å². The predicted molar refractivity (Wildman–Crippen MR) is 144 cm³/mol. The molecule has 39 heavy (non-hydrogen) atoms. The third-order valence-corrected chi connectivity index (χ3v) is 7.40. The van der Waals surface area contributed by atoms with E-state index in [1.165, 1.54) is 38.4 Å². The average molecular weight is 525 g/mol. The lowest BCUT2D eigenvalue weighted by atomic mass is 9.91. The summed E-state index contributed by atoms with van der Waals surface area (Å²) in [6.07, 6.45) is -2.71. The first-order chi connectivity index (χ1) is 19.0. The minimum atomic E-state index is -1.19. The second kappa shape index (κ2) is 9.14. The Kier molecular flexibility index (Phi) is 5.56. The van der Waals surface area contributed by atoms with Crippen LogP contribution in [0, 0.1) is 0 Å². The Labute approximate surface area is 221 Å². The quantitative estimate of drug-likeness (QED) is 0.280. The highest BCUT2D eigenvalue weighted by Gasteiger charge is 2.46. The molecule has 10 heteroatoms. The molecule has 4 N–H and O–H groups in total. The molecule has 4 aromatic carbocycles. The van der Waals surface area contributed by atoms with E-state index >= 15 is 0 Å². The lowest BCUT2D eigenvalue weighted by molar-refractivity contribution is -0.0831. The maximum absolute atomic E-state index is 12.4. The number of hydrogen-bond donors (Lipinski definition) is 3. The van der Waals surface area contributed by atoms with Crippen LogP contribution in [0.15, 0.2) is 82.2 Å². The van der Waals surface area contributed by atoms with Crippen molar-refractivity contribution in [3.63, 3.8) is 0 Å². The van der Waals surface area contributed by atoms with Crippen molar-refractivity contribution in [3.05, 3.63) is 89.2 Å². The number of aliphatic hydroxyl groups is 2. The van der Waals surface area contributed by atoms with Crippen LogP contribution in [0.4, 0.5) is 5.82 Å². The molecule has 10 nitrogen and oxygen atoms in total. The number of nitrogen functional groups attached to an aromatic ring is 1. The number of rotatable bonds is 6. The van der Waals surface area contributed by atoms with E-state index in [1.807, 2.05) is 6.07 Å². The summed E-state index contributed by atoms with van der Waals surface area (Å²) >= 11 is 0. The highest BCUT2D eigenvalue weighted by atomic mass is 16.6. The van der Waals surface area contributed by atoms with Crippen LogP contribution in [0.1, 0.15) is 12.0 Å². The van der Waals surface area contributed by atoms with Crippen molar-refractivity contribution >= 4 is 38.1 Å². The Hall–Kier alpha value is -4.35. The zero-order chi connectivity index (χ0) is 26.7. The van der Waals surface area contributed by atoms with Crippen molar-refractivity contribution in [2.45, 2.75) is 31.1 Å². The molecule has 0 radical (unpaired) electrons. The van der Waals surface area contributed by atoms with Crippen molar-refractivity contribution in [3.8, 4) is 11.3 Å². The Morgan fingerprint density at radius 1 is 1.00 bits per heavy atom. The van der Waals surface area contributed by atoms with Crippen molar-refractivity contribution in [1.29, 1.82) is 0 Å². The van der Waals surface area contributed by atoms with Crippen LogP contribution in [-0.4, -0.2) is 49.8 Å². The molecule has 0 saturated carbocycles. The largest absolute Gasteiger partial charge is 0.394 e. The van der Waals surface area contributed by atoms with Gasteiger partial charge in [-0.1, -0.05) is 59.8 Å². The minimum Gasteiger partial charge on any atom is -0.394 e. The van der Waals surface area contributed by atoms with Gasteiger partial charge in [0.15, 0.2) is 12.0 Å². The number of hydrogen-bond acceptors (Lipinski definition) is 9. The van der Waals surface area contributed by atoms with Crippen molar-refractivity contribution in [2.75, 3.05) is 12.3 Å². The summed E-state index contributed by atoms with van der Waals surface area (Å²) in [7, 11) is 0. The van der Waals surface area contributed by atoms with Gasteiger partial charge < -0.3 is 29.9 Å². The summed E-state index contributed by atoms with van der Waals surface area (Å²) in [6.45, 7) is -0.495. The zero-order valence-corrected chi connectivity index (χ0v) is 20.6. The van der Waals surface area contributed by atoms with E-state index in [0.29, 0.717) is 11.5 Å². The van der Waals surface area contributed by atoms with E-state index in [-0.39, 0.29) is 12.4 Å². The number of nitrogens with two attached hydrogens (primary N) is 1. The van der Waals surface area contributed by atoms with Gasteiger partial charge in [0.05, 0.1) is 6.61 Å². The van der Waals surface area contributed by atoms with E-state index in [9.17, 15) is 15.0 Å². The van der Waals surface area contributed by atoms with Gasteiger partial charge in [-0.15, -0.1) is 0 Å². The molecule has 1 aliphatic rings. The fourth-order valence-corrected chi connectivity index (χ4v) is 5.54. The number of aliphatic hydroxyl groups excluding tert-OH is 2. The third kappa shape index (κ3) is 3.84. The first-order valence-corrected chi connectivity index (χ1v) is 12.5. The molecule has 2 aromatic heterocycles. The van der Waals surface area contributed by atoms with Gasteiger partial charge in [-0.05, 0) is 38.4 Å². The van der Waals surface area contributed by atoms with Gasteiger partial charge in [0.1, 0.15) is 36.4 Å². The van der Waals surface area contributed by atoms with Gasteiger partial charge >= 0.3 is 5.69 Å². The van der Waals surface area contributed by atoms with Crippen LogP contribution in [-0.2, 0) is 16.1 Å². The van der Waals surface area contributed by atoms with Crippen LogP contribution in [0.5, 0.6) is 0 Å². The molecule has 6 aromatic rings. The SMILES string of the molecule is Nc1ccn([C@@H]2O[C@H](CO)[C@@H](O)[C@H]2OCc2cc(-c3ccc4ccc5cccc6ccc3c4c56)no2)c(=O)n1. The van der Waals surface area contributed by atoms with Gasteiger partial charge in [0.25, 0.3) is 0 Å². The molecule has 0 amide bonds. The smallest absolute Gasteiger partial charge is 0.351 e. The summed E-state index contributed by atoms with van der Waals surface area (Å²) in [5.74, 6) is 0.490. The fraction of sp³-hybridized carbons (Fsp3) is 0.207. The Balaban J connectivity index is 1.19. The van der Waals surface area contributed by atoms with Gasteiger partial charge in [-0.25, -0.2) is 4.79 Å². The molecule has 3 heterocycles. The highest BCUT2D eigenvalue weighted by molar-refractivity contribution is 6.25. The molecular formula is C29H24N4O6. The molecule has 1 saturated heterocycles. The normalized spacial score (nSPS) is 21.5. The van der Waals surface area contributed by atoms with E-state index in [4.69, 9.17) is 19.7 Å². The molecule has 1 fully saturated rings. The van der Waals surface area contributed by atoms with Crippen molar-refractivity contribution in [2.24, 2.45) is 0 Å². The Bertz CT molecular complexity index is 1870. The van der Waals surface area contributed by atoms with E-state index in [0.717, 1.165) is 16.3 Å². The monoisotopic (exact) mass is 524 g/mol. The summed E-state index contributed by atoms with van der Waals surface area (Å²) in [5, 5.41) is 31.6. The third-order valence-electron chi connectivity index (χ3n) is 7.40. The van der Waals surface area contributed by atoms with Gasteiger partial charge in [-0.3, -0.25) is 4.57 Å². The summed E-state index contributed by atoms with van der Waals surface area (Å²) < 4.78 is 18.5. The lowest BCUT2D eigenvalue weighted by Gasteiger charge is -2.21. The lowest BCUT2D eigenvalue weighted by Crippen LogP contribution is -2.38. The number of anilines is 1. The molecule has 1 aliphatic heterocycles. The topological polar surface area (TPSA) is 146 Å². The average Bonchev–Trinajstić information content (AvgIpc) is 3.54. The summed E-state index contributed by atoms with van der Waals surface area (Å²) in [4.78, 5) is 16.1. The molecule has 0 unspecified atom stereocenters. The van der Waals surface area contributed by atoms with E-state index in [2.05, 4.69) is 58.7 Å². The molecule has 4 atom stereocenters. The molecule has 0 spiro atoms. The van der Waals surface area contributed by atoms with E-state index < -0.39 is 36.8 Å². The first-order valence-electron chi connectivity index (χ1n) is 12.5. The van der Waals surface area contributed by atoms with Crippen molar-refractivity contribution in [1.82, 2.24) is 14.7 Å². The zero-order valence-electron chi connectivity index (χ0n) is 20.6. The van der Waals surface area contributed by atoms with Crippen LogP contribution in [0.25, 0.3) is 43.6 Å². The molecule has 0 aliphatic carbocycles. The second-order valence-corrected chi connectivity index (χ2v) is 9.70. The molecule has 7 rings (SSSR count). The molecule has 0 bridgehead atoms. The predicted octanol–water partition coefficient (Wildman–Crippen LogP) is 3.21. The van der Waals surface area contributed by atoms with Gasteiger partial charge in [-0.2, -0.15) is 4.98 Å². The van der Waals surface area contributed by atoms with Crippen LogP contribution in [0.3, 0.4) is 0 Å². The van der Waals surface area contributed by atoms with Crippen LogP contribution >= 0.6 is 0 Å². The maximum atomic E-state index is 12.4. The summed E-state index contributed by atoms with van der Waals surface area (Å²) in [6, 6.07) is 22.1. The van der Waals surface area contributed by atoms with Gasteiger partial charge in [0, 0.05) is 17.8 Å².